The first kappa shape index (κ1) is 15.7. The summed E-state index contributed by atoms with van der Waals surface area (Å²) in [5.41, 5.74) is -2.17. The minimum Gasteiger partial charge on any atom is -0.258 e. The molecule has 0 atom stereocenters. The molecule has 114 valence electrons. The van der Waals surface area contributed by atoms with E-state index in [0.717, 1.165) is 11.3 Å². The maximum atomic E-state index is 11.1. The lowest BCUT2D eigenvalue weighted by molar-refractivity contribution is -0.407. The third-order valence-corrected chi connectivity index (χ3v) is 4.35. The van der Waals surface area contributed by atoms with Crippen LogP contribution < -0.4 is 0 Å². The van der Waals surface area contributed by atoms with E-state index in [-0.39, 0.29) is 9.24 Å². The van der Waals surface area contributed by atoms with Crippen LogP contribution >= 0.6 is 23.1 Å². The first-order valence-electron chi connectivity index (χ1n) is 5.38. The highest BCUT2D eigenvalue weighted by Crippen LogP contribution is 2.44. The van der Waals surface area contributed by atoms with Crippen LogP contribution in [0.2, 0.25) is 0 Å². The Labute approximate surface area is 129 Å². The summed E-state index contributed by atoms with van der Waals surface area (Å²) in [6, 6.07) is 1.37. The van der Waals surface area contributed by atoms with Crippen LogP contribution in [0.1, 0.15) is 5.01 Å². The zero-order valence-corrected chi connectivity index (χ0v) is 12.3. The minimum atomic E-state index is -0.927. The average Bonchev–Trinajstić information content (AvgIpc) is 2.83. The first-order chi connectivity index (χ1) is 10.3. The summed E-state index contributed by atoms with van der Waals surface area (Å²) < 4.78 is 0.262. The van der Waals surface area contributed by atoms with E-state index in [1.165, 1.54) is 0 Å². The lowest BCUT2D eigenvalue weighted by Crippen LogP contribution is -1.99. The molecule has 13 heteroatoms. The topological polar surface area (TPSA) is 155 Å². The predicted octanol–water partition coefficient (Wildman–Crippen LogP) is 2.72. The average molecular weight is 343 g/mol. The number of nitro groups is 3. The Morgan fingerprint density at radius 1 is 1.00 bits per heavy atom. The monoisotopic (exact) mass is 343 g/mol. The lowest BCUT2D eigenvalue weighted by Gasteiger charge is -2.02. The normalized spacial score (nSPS) is 10.4. The second kappa shape index (κ2) is 5.98. The van der Waals surface area contributed by atoms with E-state index in [4.69, 9.17) is 0 Å². The zero-order valence-electron chi connectivity index (χ0n) is 10.7. The molecule has 0 saturated heterocycles. The maximum absolute atomic E-state index is 11.1. The molecule has 11 nitrogen and oxygen atoms in total. The van der Waals surface area contributed by atoms with Crippen molar-refractivity contribution in [2.75, 3.05) is 0 Å². The van der Waals surface area contributed by atoms with Crippen molar-refractivity contribution in [2.45, 2.75) is 16.2 Å². The second-order valence-corrected chi connectivity index (χ2v) is 6.21. The number of nitrogens with zero attached hydrogens (tertiary/aromatic N) is 5. The molecule has 1 aromatic heterocycles. The molecular formula is C9H5N5O6S2. The van der Waals surface area contributed by atoms with Gasteiger partial charge in [-0.1, -0.05) is 11.3 Å². The van der Waals surface area contributed by atoms with Crippen molar-refractivity contribution < 1.29 is 14.8 Å². The summed E-state index contributed by atoms with van der Waals surface area (Å²) >= 11 is 1.77. The standard InChI is InChI=1S/C9H5N5O6S2/c1-4-10-11-9(21-4)22-8-6(13(17)18)2-5(12(15)16)3-7(8)14(19)20/h2-3H,1H3. The van der Waals surface area contributed by atoms with Crippen molar-refractivity contribution >= 4 is 40.2 Å². The Kier molecular flexibility index (Phi) is 4.27. The van der Waals surface area contributed by atoms with Crippen LogP contribution in [0.25, 0.3) is 0 Å². The van der Waals surface area contributed by atoms with Crippen molar-refractivity contribution in [2.24, 2.45) is 0 Å². The fourth-order valence-electron chi connectivity index (χ4n) is 1.47. The Morgan fingerprint density at radius 2 is 1.55 bits per heavy atom. The third-order valence-electron chi connectivity index (χ3n) is 2.34. The van der Waals surface area contributed by atoms with Crippen LogP contribution in [0.15, 0.2) is 21.4 Å². The van der Waals surface area contributed by atoms with Crippen LogP contribution in [0.5, 0.6) is 0 Å². The molecule has 0 bridgehead atoms. The van der Waals surface area contributed by atoms with E-state index in [0.29, 0.717) is 28.9 Å². The molecule has 1 aromatic carbocycles. The Hall–Kier alpha value is -2.67. The number of hydrogen-bond donors (Lipinski definition) is 0. The molecule has 0 aliphatic heterocycles. The van der Waals surface area contributed by atoms with Gasteiger partial charge in [0.2, 0.25) is 0 Å². The van der Waals surface area contributed by atoms with Gasteiger partial charge in [-0.25, -0.2) is 0 Å². The van der Waals surface area contributed by atoms with E-state index < -0.39 is 31.8 Å². The SMILES string of the molecule is Cc1nnc(Sc2c([N+](=O)[O-])cc([N+](=O)[O-])cc2[N+](=O)[O-])s1. The van der Waals surface area contributed by atoms with Crippen molar-refractivity contribution in [3.63, 3.8) is 0 Å². The van der Waals surface area contributed by atoms with Crippen LogP contribution in [-0.4, -0.2) is 25.0 Å². The highest BCUT2D eigenvalue weighted by Gasteiger charge is 2.31. The van der Waals surface area contributed by atoms with E-state index in [2.05, 4.69) is 10.2 Å². The molecule has 22 heavy (non-hydrogen) atoms. The van der Waals surface area contributed by atoms with Gasteiger partial charge < -0.3 is 0 Å². The van der Waals surface area contributed by atoms with E-state index in [9.17, 15) is 30.3 Å². The zero-order chi connectivity index (χ0) is 16.4. The van der Waals surface area contributed by atoms with Gasteiger partial charge in [0, 0.05) is 0 Å². The molecular weight excluding hydrogens is 338 g/mol. The number of nitro benzene ring substituents is 3. The quantitative estimate of drug-likeness (QED) is 0.588. The molecule has 0 saturated carbocycles. The lowest BCUT2D eigenvalue weighted by atomic mass is 10.2. The summed E-state index contributed by atoms with van der Waals surface area (Å²) in [6.07, 6.45) is 0. The number of non-ortho nitro benzene ring substituents is 1. The summed E-state index contributed by atoms with van der Waals surface area (Å²) in [5.74, 6) is 0. The van der Waals surface area contributed by atoms with Gasteiger partial charge in [-0.2, -0.15) is 0 Å². The molecule has 0 unspecified atom stereocenters. The first-order valence-corrected chi connectivity index (χ1v) is 7.02. The Bertz CT molecular complexity index is 756. The van der Waals surface area contributed by atoms with Crippen LogP contribution in [-0.2, 0) is 0 Å². The van der Waals surface area contributed by atoms with E-state index >= 15 is 0 Å². The molecule has 0 aliphatic rings. The van der Waals surface area contributed by atoms with Gasteiger partial charge in [-0.05, 0) is 18.7 Å². The van der Waals surface area contributed by atoms with Gasteiger partial charge in [-0.3, -0.25) is 30.3 Å². The number of aromatic nitrogens is 2. The predicted molar refractivity (Wildman–Crippen MR) is 75.2 cm³/mol. The van der Waals surface area contributed by atoms with Crippen LogP contribution in [0.4, 0.5) is 17.1 Å². The highest BCUT2D eigenvalue weighted by atomic mass is 32.2. The Balaban J connectivity index is 2.65. The van der Waals surface area contributed by atoms with Gasteiger partial charge in [0.15, 0.2) is 9.24 Å². The molecule has 2 aromatic rings. The van der Waals surface area contributed by atoms with E-state index in [1.54, 1.807) is 6.92 Å². The van der Waals surface area contributed by atoms with Gasteiger partial charge in [0.1, 0.15) is 5.01 Å². The molecule has 0 radical (unpaired) electrons. The summed E-state index contributed by atoms with van der Waals surface area (Å²) in [5, 5.41) is 40.9. The second-order valence-electron chi connectivity index (χ2n) is 3.77. The number of benzene rings is 1. The third kappa shape index (κ3) is 3.15. The molecule has 0 aliphatic carbocycles. The maximum Gasteiger partial charge on any atom is 0.297 e. The minimum absolute atomic E-state index is 0.262. The molecule has 2 rings (SSSR count). The van der Waals surface area contributed by atoms with Gasteiger partial charge in [-0.15, -0.1) is 10.2 Å². The summed E-state index contributed by atoms with van der Waals surface area (Å²) in [7, 11) is 0. The van der Waals surface area contributed by atoms with Gasteiger partial charge >= 0.3 is 0 Å². The summed E-state index contributed by atoms with van der Waals surface area (Å²) in [4.78, 5) is 29.9. The smallest absolute Gasteiger partial charge is 0.258 e. The molecule has 1 heterocycles. The number of aryl methyl sites for hydroxylation is 1. The van der Waals surface area contributed by atoms with Crippen molar-refractivity contribution in [3.8, 4) is 0 Å². The number of rotatable bonds is 5. The van der Waals surface area contributed by atoms with Crippen LogP contribution in [0, 0.1) is 37.3 Å². The largest absolute Gasteiger partial charge is 0.297 e. The highest BCUT2D eigenvalue weighted by molar-refractivity contribution is 8.01. The van der Waals surface area contributed by atoms with E-state index in [1.807, 2.05) is 0 Å². The Morgan fingerprint density at radius 3 is 1.91 bits per heavy atom. The van der Waals surface area contributed by atoms with Crippen LogP contribution in [0.3, 0.4) is 0 Å². The number of hydrogen-bond acceptors (Lipinski definition) is 10. The van der Waals surface area contributed by atoms with Gasteiger partial charge in [0.05, 0.1) is 26.9 Å². The molecule has 0 fully saturated rings. The molecule has 0 N–H and O–H groups in total. The fourth-order valence-corrected chi connectivity index (χ4v) is 3.40. The fraction of sp³-hybridized carbons (Fsp3) is 0.111. The molecule has 0 spiro atoms. The molecule has 0 amide bonds. The van der Waals surface area contributed by atoms with Gasteiger partial charge in [0.25, 0.3) is 17.1 Å². The van der Waals surface area contributed by atoms with Crippen molar-refractivity contribution in [1.82, 2.24) is 10.2 Å². The van der Waals surface area contributed by atoms with Crippen molar-refractivity contribution in [3.05, 3.63) is 47.5 Å². The van der Waals surface area contributed by atoms with Crippen molar-refractivity contribution in [1.29, 1.82) is 0 Å². The summed E-state index contributed by atoms with van der Waals surface area (Å²) in [6.45, 7) is 1.65.